The van der Waals surface area contributed by atoms with Gasteiger partial charge in [-0.25, -0.2) is 4.79 Å². The largest absolute Gasteiger partial charge is 0.496 e. The van der Waals surface area contributed by atoms with E-state index in [1.165, 1.54) is 7.11 Å². The van der Waals surface area contributed by atoms with Crippen LogP contribution >= 0.6 is 0 Å². The van der Waals surface area contributed by atoms with Gasteiger partial charge in [0, 0.05) is 19.8 Å². The third-order valence-electron chi connectivity index (χ3n) is 2.73. The van der Waals surface area contributed by atoms with E-state index in [1.807, 2.05) is 42.5 Å². The number of hydrogen-bond acceptors (Lipinski definition) is 4. The molecule has 2 rings (SSSR count). The lowest BCUT2D eigenvalue weighted by atomic mass is 9.99. The van der Waals surface area contributed by atoms with E-state index < -0.39 is 0 Å². The molecule has 4 heteroatoms. The lowest BCUT2D eigenvalue weighted by Crippen LogP contribution is -2.03. The van der Waals surface area contributed by atoms with Crippen molar-refractivity contribution in [2.75, 3.05) is 28.4 Å². The highest BCUT2D eigenvalue weighted by atomic mass is 16.5. The van der Waals surface area contributed by atoms with Crippen molar-refractivity contribution in [3.05, 3.63) is 54.1 Å². The number of esters is 1. The van der Waals surface area contributed by atoms with E-state index in [4.69, 9.17) is 9.47 Å². The van der Waals surface area contributed by atoms with E-state index in [-0.39, 0.29) is 5.97 Å². The summed E-state index contributed by atoms with van der Waals surface area (Å²) < 4.78 is 14.4. The van der Waals surface area contributed by atoms with Gasteiger partial charge in [-0.3, -0.25) is 0 Å². The Morgan fingerprint density at radius 2 is 1.33 bits per heavy atom. The van der Waals surface area contributed by atoms with Crippen molar-refractivity contribution in [1.82, 2.24) is 0 Å². The maximum atomic E-state index is 11.7. The van der Waals surface area contributed by atoms with Gasteiger partial charge in [-0.15, -0.1) is 0 Å². The highest BCUT2D eigenvalue weighted by Crippen LogP contribution is 2.32. The molecule has 0 aliphatic heterocycles. The summed E-state index contributed by atoms with van der Waals surface area (Å²) in [5, 5.41) is 0. The van der Waals surface area contributed by atoms with Crippen LogP contribution in [0, 0.1) is 0 Å². The summed E-state index contributed by atoms with van der Waals surface area (Å²) >= 11 is 0. The van der Waals surface area contributed by atoms with Gasteiger partial charge in [0.05, 0.1) is 19.8 Å². The second kappa shape index (κ2) is 8.76. The van der Waals surface area contributed by atoms with Crippen molar-refractivity contribution in [1.29, 1.82) is 0 Å². The van der Waals surface area contributed by atoms with Crippen LogP contribution in [-0.4, -0.2) is 34.4 Å². The average molecular weight is 288 g/mol. The second-order valence-electron chi connectivity index (χ2n) is 4.15. The fourth-order valence-electron chi connectivity index (χ4n) is 1.87. The third-order valence-corrected chi connectivity index (χ3v) is 2.73. The zero-order valence-corrected chi connectivity index (χ0v) is 12.8. The first kappa shape index (κ1) is 16.7. The molecule has 0 amide bonds. The van der Waals surface area contributed by atoms with Crippen molar-refractivity contribution >= 4 is 5.97 Å². The van der Waals surface area contributed by atoms with Crippen molar-refractivity contribution < 1.29 is 19.0 Å². The van der Waals surface area contributed by atoms with Crippen LogP contribution in [0.2, 0.25) is 0 Å². The van der Waals surface area contributed by atoms with Crippen molar-refractivity contribution in [2.24, 2.45) is 0 Å². The van der Waals surface area contributed by atoms with Crippen LogP contribution in [0.4, 0.5) is 0 Å². The first-order valence-electron chi connectivity index (χ1n) is 6.40. The van der Waals surface area contributed by atoms with Crippen molar-refractivity contribution in [2.45, 2.75) is 0 Å². The van der Waals surface area contributed by atoms with E-state index in [0.717, 1.165) is 16.9 Å². The zero-order chi connectivity index (χ0) is 15.7. The SMILES string of the molecule is COC.COC(=O)c1ccccc1-c1ccccc1OC. The molecule has 0 saturated heterocycles. The molecule has 21 heavy (non-hydrogen) atoms. The molecular formula is C17H20O4. The highest BCUT2D eigenvalue weighted by molar-refractivity contribution is 5.98. The zero-order valence-electron chi connectivity index (χ0n) is 12.8. The van der Waals surface area contributed by atoms with E-state index in [1.54, 1.807) is 27.4 Å². The van der Waals surface area contributed by atoms with Crippen molar-refractivity contribution in [3.63, 3.8) is 0 Å². The highest BCUT2D eigenvalue weighted by Gasteiger charge is 2.14. The number of methoxy groups -OCH3 is 3. The normalized spacial score (nSPS) is 9.33. The van der Waals surface area contributed by atoms with Crippen molar-refractivity contribution in [3.8, 4) is 16.9 Å². The monoisotopic (exact) mass is 288 g/mol. The molecule has 0 aliphatic rings. The minimum Gasteiger partial charge on any atom is -0.496 e. The van der Waals surface area contributed by atoms with Crippen LogP contribution in [0.5, 0.6) is 5.75 Å². The number of carbonyl (C=O) groups excluding carboxylic acids is 1. The Labute approximate surface area is 125 Å². The molecule has 0 aromatic heterocycles. The molecule has 0 heterocycles. The number of para-hydroxylation sites is 1. The second-order valence-corrected chi connectivity index (χ2v) is 4.15. The molecule has 4 nitrogen and oxygen atoms in total. The summed E-state index contributed by atoms with van der Waals surface area (Å²) in [5.74, 6) is 0.380. The lowest BCUT2D eigenvalue weighted by Gasteiger charge is -2.11. The van der Waals surface area contributed by atoms with Gasteiger partial charge in [0.2, 0.25) is 0 Å². The first-order chi connectivity index (χ1) is 10.2. The number of carbonyl (C=O) groups is 1. The van der Waals surface area contributed by atoms with Crippen LogP contribution in [0.3, 0.4) is 0 Å². The van der Waals surface area contributed by atoms with Crippen LogP contribution < -0.4 is 4.74 Å². The van der Waals surface area contributed by atoms with Gasteiger partial charge >= 0.3 is 5.97 Å². The molecule has 0 N–H and O–H groups in total. The molecule has 0 aliphatic carbocycles. The van der Waals surface area contributed by atoms with Gasteiger partial charge in [-0.05, 0) is 17.7 Å². The fourth-order valence-corrected chi connectivity index (χ4v) is 1.87. The van der Waals surface area contributed by atoms with Crippen LogP contribution in [0.25, 0.3) is 11.1 Å². The quantitative estimate of drug-likeness (QED) is 0.812. The summed E-state index contributed by atoms with van der Waals surface area (Å²) in [6, 6.07) is 14.9. The summed E-state index contributed by atoms with van der Waals surface area (Å²) in [5.41, 5.74) is 2.22. The minimum absolute atomic E-state index is 0.350. The molecule has 0 spiro atoms. The molecule has 2 aromatic rings. The van der Waals surface area contributed by atoms with E-state index in [9.17, 15) is 4.79 Å². The van der Waals surface area contributed by atoms with Crippen LogP contribution in [0.15, 0.2) is 48.5 Å². The molecule has 0 fully saturated rings. The number of hydrogen-bond donors (Lipinski definition) is 0. The molecule has 0 unspecified atom stereocenters. The predicted octanol–water partition coefficient (Wildman–Crippen LogP) is 3.41. The van der Waals surface area contributed by atoms with E-state index in [2.05, 4.69) is 4.74 Å². The number of ether oxygens (including phenoxy) is 3. The molecule has 0 radical (unpaired) electrons. The topological polar surface area (TPSA) is 44.8 Å². The van der Waals surface area contributed by atoms with Gasteiger partial charge in [0.25, 0.3) is 0 Å². The van der Waals surface area contributed by atoms with E-state index in [0.29, 0.717) is 5.56 Å². The minimum atomic E-state index is -0.350. The molecular weight excluding hydrogens is 268 g/mol. The average Bonchev–Trinajstić information content (AvgIpc) is 2.55. The van der Waals surface area contributed by atoms with Crippen LogP contribution in [-0.2, 0) is 9.47 Å². The van der Waals surface area contributed by atoms with Gasteiger partial charge in [0.1, 0.15) is 5.75 Å². The van der Waals surface area contributed by atoms with Gasteiger partial charge in [-0.2, -0.15) is 0 Å². The summed E-state index contributed by atoms with van der Waals surface area (Å²) in [6.45, 7) is 0. The number of rotatable bonds is 3. The van der Waals surface area contributed by atoms with Gasteiger partial charge in [-0.1, -0.05) is 36.4 Å². The molecule has 2 aromatic carbocycles. The maximum Gasteiger partial charge on any atom is 0.338 e. The molecule has 0 bridgehead atoms. The smallest absolute Gasteiger partial charge is 0.338 e. The standard InChI is InChI=1S/C15H14O3.C2H6O/c1-17-14-10-6-5-8-12(14)11-7-3-4-9-13(11)15(16)18-2;1-3-2/h3-10H,1-2H3;1-2H3. The lowest BCUT2D eigenvalue weighted by molar-refractivity contribution is 0.0601. The molecule has 112 valence electrons. The Kier molecular flexibility index (Phi) is 6.98. The Bertz CT molecular complexity index is 579. The Morgan fingerprint density at radius 3 is 1.90 bits per heavy atom. The van der Waals surface area contributed by atoms with Gasteiger partial charge in [0.15, 0.2) is 0 Å². The first-order valence-corrected chi connectivity index (χ1v) is 6.40. The Balaban J connectivity index is 0.000000677. The summed E-state index contributed by atoms with van der Waals surface area (Å²) in [6.07, 6.45) is 0. The predicted molar refractivity (Wildman–Crippen MR) is 82.7 cm³/mol. The summed E-state index contributed by atoms with van der Waals surface area (Å²) in [4.78, 5) is 11.7. The fraction of sp³-hybridized carbons (Fsp3) is 0.235. The van der Waals surface area contributed by atoms with Gasteiger partial charge < -0.3 is 14.2 Å². The maximum absolute atomic E-state index is 11.7. The summed E-state index contributed by atoms with van der Waals surface area (Å²) in [7, 11) is 6.24. The molecule has 0 atom stereocenters. The number of benzene rings is 2. The Hall–Kier alpha value is -2.33. The Morgan fingerprint density at radius 1 is 0.810 bits per heavy atom. The van der Waals surface area contributed by atoms with Crippen LogP contribution in [0.1, 0.15) is 10.4 Å². The van der Waals surface area contributed by atoms with E-state index >= 15 is 0 Å². The third kappa shape index (κ3) is 4.33. The molecule has 0 saturated carbocycles.